The number of rotatable bonds is 9. The molecule has 1 N–H and O–H groups in total. The average molecular weight is 229 g/mol. The summed E-state index contributed by atoms with van der Waals surface area (Å²) in [5.74, 6) is 0.215. The van der Waals surface area contributed by atoms with Gasteiger partial charge in [0.2, 0.25) is 5.91 Å². The van der Waals surface area contributed by atoms with Crippen molar-refractivity contribution in [2.24, 2.45) is 0 Å². The number of Topliss-reactive ketones (excluding diaryl/α,β-unsaturated/α-hetero) is 1. The second-order valence-corrected chi connectivity index (χ2v) is 4.02. The minimum absolute atomic E-state index is 0.00346. The largest absolute Gasteiger partial charge is 0.377 e. The fraction of sp³-hybridized carbons (Fsp3) is 0.833. The summed E-state index contributed by atoms with van der Waals surface area (Å²) in [6.45, 7) is 6.83. The first-order valence-corrected chi connectivity index (χ1v) is 5.96. The van der Waals surface area contributed by atoms with E-state index in [1.807, 2.05) is 20.8 Å². The van der Waals surface area contributed by atoms with Gasteiger partial charge < -0.3 is 10.1 Å². The molecular weight excluding hydrogens is 206 g/mol. The number of nitrogens with one attached hydrogen (secondary N) is 1. The third-order valence-corrected chi connectivity index (χ3v) is 2.13. The van der Waals surface area contributed by atoms with E-state index in [1.165, 1.54) is 0 Å². The molecule has 94 valence electrons. The van der Waals surface area contributed by atoms with E-state index in [1.54, 1.807) is 0 Å². The number of carbonyl (C=O) groups is 2. The maximum absolute atomic E-state index is 11.3. The summed E-state index contributed by atoms with van der Waals surface area (Å²) in [7, 11) is 0. The van der Waals surface area contributed by atoms with Crippen LogP contribution in [0.2, 0.25) is 0 Å². The van der Waals surface area contributed by atoms with Crippen LogP contribution in [0.15, 0.2) is 0 Å². The molecule has 0 aliphatic carbocycles. The molecule has 4 nitrogen and oxygen atoms in total. The molecule has 0 fully saturated rings. The van der Waals surface area contributed by atoms with Crippen LogP contribution < -0.4 is 5.32 Å². The molecule has 0 saturated heterocycles. The average Bonchev–Trinajstić information content (AvgIpc) is 2.24. The molecule has 0 heterocycles. The van der Waals surface area contributed by atoms with Crippen LogP contribution >= 0.6 is 0 Å². The third-order valence-electron chi connectivity index (χ3n) is 2.13. The van der Waals surface area contributed by atoms with Gasteiger partial charge in [-0.3, -0.25) is 9.59 Å². The Morgan fingerprint density at radius 1 is 1.25 bits per heavy atom. The topological polar surface area (TPSA) is 55.4 Å². The molecule has 0 saturated carbocycles. The van der Waals surface area contributed by atoms with E-state index in [-0.39, 0.29) is 17.8 Å². The van der Waals surface area contributed by atoms with Gasteiger partial charge in [0.1, 0.15) is 5.78 Å². The van der Waals surface area contributed by atoms with E-state index < -0.39 is 0 Å². The Bertz CT molecular complexity index is 214. The number of carbonyl (C=O) groups excluding carboxylic acids is 2. The van der Waals surface area contributed by atoms with Gasteiger partial charge in [-0.2, -0.15) is 0 Å². The molecule has 0 aliphatic rings. The van der Waals surface area contributed by atoms with Crippen molar-refractivity contribution in [1.29, 1.82) is 0 Å². The van der Waals surface area contributed by atoms with Gasteiger partial charge in [-0.15, -0.1) is 0 Å². The smallest absolute Gasteiger partial charge is 0.220 e. The lowest BCUT2D eigenvalue weighted by Gasteiger charge is -2.08. The van der Waals surface area contributed by atoms with Gasteiger partial charge in [-0.1, -0.05) is 6.92 Å². The molecule has 0 atom stereocenters. The fourth-order valence-corrected chi connectivity index (χ4v) is 1.20. The van der Waals surface area contributed by atoms with E-state index in [9.17, 15) is 9.59 Å². The number of hydrogen-bond donors (Lipinski definition) is 1. The van der Waals surface area contributed by atoms with Crippen LogP contribution in [-0.4, -0.2) is 30.9 Å². The summed E-state index contributed by atoms with van der Waals surface area (Å²) < 4.78 is 5.28. The normalized spacial score (nSPS) is 10.5. The molecule has 0 aromatic heterocycles. The van der Waals surface area contributed by atoms with E-state index >= 15 is 0 Å². The van der Waals surface area contributed by atoms with Crippen LogP contribution in [0.5, 0.6) is 0 Å². The highest BCUT2D eigenvalue weighted by Crippen LogP contribution is 1.98. The van der Waals surface area contributed by atoms with Gasteiger partial charge in [0.25, 0.3) is 0 Å². The van der Waals surface area contributed by atoms with Crippen LogP contribution in [0.4, 0.5) is 0 Å². The van der Waals surface area contributed by atoms with Gasteiger partial charge >= 0.3 is 0 Å². The highest BCUT2D eigenvalue weighted by atomic mass is 16.5. The first kappa shape index (κ1) is 15.1. The van der Waals surface area contributed by atoms with Crippen LogP contribution in [0.25, 0.3) is 0 Å². The van der Waals surface area contributed by atoms with Crippen molar-refractivity contribution in [3.05, 3.63) is 0 Å². The maximum Gasteiger partial charge on any atom is 0.220 e. The zero-order valence-electron chi connectivity index (χ0n) is 10.5. The summed E-state index contributed by atoms with van der Waals surface area (Å²) in [6, 6.07) is 0. The van der Waals surface area contributed by atoms with Gasteiger partial charge in [-0.25, -0.2) is 0 Å². The minimum atomic E-state index is -0.00346. The lowest BCUT2D eigenvalue weighted by molar-refractivity contribution is -0.122. The van der Waals surface area contributed by atoms with E-state index in [0.29, 0.717) is 38.8 Å². The third kappa shape index (κ3) is 9.65. The van der Waals surface area contributed by atoms with Crippen molar-refractivity contribution < 1.29 is 14.3 Å². The first-order valence-electron chi connectivity index (χ1n) is 5.96. The Hall–Kier alpha value is -0.900. The zero-order chi connectivity index (χ0) is 12.4. The molecule has 0 aromatic rings. The number of ether oxygens (including phenoxy) is 1. The predicted octanol–water partition coefficient (Wildman–Crippen LogP) is 1.68. The maximum atomic E-state index is 11.3. The summed E-state index contributed by atoms with van der Waals surface area (Å²) >= 11 is 0. The molecule has 0 spiro atoms. The standard InChI is InChI=1S/C12H23NO3/c1-4-11(14)6-5-7-12(15)13-8-9-16-10(2)3/h10H,4-9H2,1-3H3,(H,13,15). The second-order valence-electron chi connectivity index (χ2n) is 4.02. The first-order chi connectivity index (χ1) is 7.56. The molecule has 16 heavy (non-hydrogen) atoms. The molecule has 0 aliphatic heterocycles. The van der Waals surface area contributed by atoms with Crippen molar-refractivity contribution >= 4 is 11.7 Å². The Morgan fingerprint density at radius 3 is 2.50 bits per heavy atom. The van der Waals surface area contributed by atoms with Crippen LogP contribution in [-0.2, 0) is 14.3 Å². The number of amides is 1. The molecule has 1 amide bonds. The van der Waals surface area contributed by atoms with Gasteiger partial charge in [0.05, 0.1) is 12.7 Å². The lowest BCUT2D eigenvalue weighted by Crippen LogP contribution is -2.27. The van der Waals surface area contributed by atoms with Crippen molar-refractivity contribution in [3.8, 4) is 0 Å². The molecule has 0 radical (unpaired) electrons. The number of hydrogen-bond acceptors (Lipinski definition) is 3. The Balaban J connectivity index is 3.35. The number of ketones is 1. The Morgan fingerprint density at radius 2 is 1.94 bits per heavy atom. The van der Waals surface area contributed by atoms with E-state index in [0.717, 1.165) is 0 Å². The monoisotopic (exact) mass is 229 g/mol. The van der Waals surface area contributed by atoms with Gasteiger partial charge in [0.15, 0.2) is 0 Å². The van der Waals surface area contributed by atoms with Gasteiger partial charge in [-0.05, 0) is 20.3 Å². The van der Waals surface area contributed by atoms with Crippen LogP contribution in [0.1, 0.15) is 46.5 Å². The Labute approximate surface area is 97.7 Å². The minimum Gasteiger partial charge on any atom is -0.377 e. The zero-order valence-corrected chi connectivity index (χ0v) is 10.5. The summed E-state index contributed by atoms with van der Waals surface area (Å²) in [6.07, 6.45) is 2.33. The molecule has 4 heteroatoms. The molecular formula is C12H23NO3. The quantitative estimate of drug-likeness (QED) is 0.612. The van der Waals surface area contributed by atoms with E-state index in [4.69, 9.17) is 4.74 Å². The molecule has 0 aromatic carbocycles. The fourth-order valence-electron chi connectivity index (χ4n) is 1.20. The second kappa shape index (κ2) is 9.33. The van der Waals surface area contributed by atoms with Crippen molar-refractivity contribution in [1.82, 2.24) is 5.32 Å². The van der Waals surface area contributed by atoms with Crippen molar-refractivity contribution in [2.75, 3.05) is 13.2 Å². The highest BCUT2D eigenvalue weighted by molar-refractivity contribution is 5.79. The summed E-state index contributed by atoms with van der Waals surface area (Å²) in [4.78, 5) is 22.3. The Kier molecular flexibility index (Phi) is 8.81. The molecule has 0 unspecified atom stereocenters. The van der Waals surface area contributed by atoms with E-state index in [2.05, 4.69) is 5.32 Å². The predicted molar refractivity (Wildman–Crippen MR) is 63.2 cm³/mol. The molecule has 0 rings (SSSR count). The van der Waals surface area contributed by atoms with Crippen molar-refractivity contribution in [2.45, 2.75) is 52.6 Å². The summed E-state index contributed by atoms with van der Waals surface area (Å²) in [5.41, 5.74) is 0. The van der Waals surface area contributed by atoms with Gasteiger partial charge in [0, 0.05) is 25.8 Å². The highest BCUT2D eigenvalue weighted by Gasteiger charge is 2.03. The van der Waals surface area contributed by atoms with Crippen molar-refractivity contribution in [3.63, 3.8) is 0 Å². The SMILES string of the molecule is CCC(=O)CCCC(=O)NCCOC(C)C. The molecule has 0 bridgehead atoms. The lowest BCUT2D eigenvalue weighted by atomic mass is 10.1. The van der Waals surface area contributed by atoms with Crippen LogP contribution in [0.3, 0.4) is 0 Å². The summed E-state index contributed by atoms with van der Waals surface area (Å²) in [5, 5.41) is 2.75. The van der Waals surface area contributed by atoms with Crippen LogP contribution in [0, 0.1) is 0 Å².